The lowest BCUT2D eigenvalue weighted by molar-refractivity contribution is 0.340. The second-order valence-electron chi connectivity index (χ2n) is 7.09. The van der Waals surface area contributed by atoms with E-state index >= 15 is 0 Å². The third-order valence-electron chi connectivity index (χ3n) is 5.20. The lowest BCUT2D eigenvalue weighted by Crippen LogP contribution is -2.39. The van der Waals surface area contributed by atoms with E-state index in [1.807, 2.05) is 0 Å². The fourth-order valence-electron chi connectivity index (χ4n) is 3.63. The number of hydrogen-bond donors (Lipinski definition) is 1. The second-order valence-corrected chi connectivity index (χ2v) is 9.17. The van der Waals surface area contributed by atoms with E-state index in [-0.39, 0.29) is 0 Å². The van der Waals surface area contributed by atoms with Crippen LogP contribution in [0.5, 0.6) is 0 Å². The van der Waals surface area contributed by atoms with Crippen molar-refractivity contribution < 1.29 is 8.42 Å². The van der Waals surface area contributed by atoms with E-state index in [0.29, 0.717) is 23.6 Å². The summed E-state index contributed by atoms with van der Waals surface area (Å²) in [6, 6.07) is 0.406. The number of rotatable bonds is 5. The smallest absolute Gasteiger partial charge is 0.214 e. The van der Waals surface area contributed by atoms with Gasteiger partial charge in [-0.1, -0.05) is 20.3 Å². The first-order valence-corrected chi connectivity index (χ1v) is 10.3. The van der Waals surface area contributed by atoms with Gasteiger partial charge in [0.15, 0.2) is 0 Å². The summed E-state index contributed by atoms with van der Waals surface area (Å²) in [5.41, 5.74) is 0. The van der Waals surface area contributed by atoms with Gasteiger partial charge < -0.3 is 5.32 Å². The van der Waals surface area contributed by atoms with E-state index in [1.165, 1.54) is 19.3 Å². The summed E-state index contributed by atoms with van der Waals surface area (Å²) in [4.78, 5) is 0. The molecule has 2 saturated heterocycles. The molecule has 2 atom stereocenters. The maximum absolute atomic E-state index is 12.6. The third-order valence-corrected chi connectivity index (χ3v) is 7.11. The van der Waals surface area contributed by atoms with E-state index in [4.69, 9.17) is 0 Å². The maximum Gasteiger partial charge on any atom is 0.214 e. The topological polar surface area (TPSA) is 49.4 Å². The largest absolute Gasteiger partial charge is 0.314 e. The predicted molar refractivity (Wildman–Crippen MR) is 87.8 cm³/mol. The summed E-state index contributed by atoms with van der Waals surface area (Å²) in [7, 11) is -3.06. The molecule has 0 radical (unpaired) electrons. The molecule has 1 N–H and O–H groups in total. The molecule has 0 aliphatic carbocycles. The molecule has 2 rings (SSSR count). The van der Waals surface area contributed by atoms with Crippen LogP contribution in [0.15, 0.2) is 0 Å². The molecule has 0 spiro atoms. The van der Waals surface area contributed by atoms with Gasteiger partial charge in [-0.3, -0.25) is 0 Å². The normalized spacial score (nSPS) is 29.5. The highest BCUT2D eigenvalue weighted by Crippen LogP contribution is 2.26. The first kappa shape index (κ1) is 17.2. The van der Waals surface area contributed by atoms with E-state index < -0.39 is 10.0 Å². The quantitative estimate of drug-likeness (QED) is 0.848. The molecule has 21 heavy (non-hydrogen) atoms. The predicted octanol–water partition coefficient (Wildman–Crippen LogP) is 2.61. The first-order chi connectivity index (χ1) is 9.99. The van der Waals surface area contributed by atoms with Gasteiger partial charge in [-0.15, -0.1) is 0 Å². The van der Waals surface area contributed by atoms with Crippen LogP contribution < -0.4 is 5.32 Å². The molecule has 0 aromatic heterocycles. The molecule has 2 fully saturated rings. The lowest BCUT2D eigenvalue weighted by Gasteiger charge is -2.25. The molecule has 124 valence electrons. The van der Waals surface area contributed by atoms with Crippen LogP contribution in [0.3, 0.4) is 0 Å². The van der Waals surface area contributed by atoms with Gasteiger partial charge >= 0.3 is 0 Å². The van der Waals surface area contributed by atoms with Gasteiger partial charge in [-0.2, -0.15) is 0 Å². The fraction of sp³-hybridized carbons (Fsp3) is 1.00. The van der Waals surface area contributed by atoms with Crippen LogP contribution in [0.2, 0.25) is 0 Å². The average Bonchev–Trinajstić information content (AvgIpc) is 2.73. The van der Waals surface area contributed by atoms with Crippen molar-refractivity contribution in [1.29, 1.82) is 0 Å². The van der Waals surface area contributed by atoms with E-state index in [2.05, 4.69) is 19.2 Å². The molecule has 4 nitrogen and oxygen atoms in total. The van der Waals surface area contributed by atoms with Crippen LogP contribution >= 0.6 is 0 Å². The van der Waals surface area contributed by atoms with Gasteiger partial charge in [-0.05, 0) is 56.9 Å². The van der Waals surface area contributed by atoms with Crippen LogP contribution in [0.25, 0.3) is 0 Å². The minimum Gasteiger partial charge on any atom is -0.314 e. The van der Waals surface area contributed by atoms with Crippen molar-refractivity contribution in [3.8, 4) is 0 Å². The standard InChI is InChI=1S/C16H32N2O2S/c1-14(2)15-6-5-11-18(12-8-15)21(19,20)13-9-16-7-3-4-10-17-16/h14-17H,3-13H2,1-2H3. The van der Waals surface area contributed by atoms with Crippen LogP contribution in [0.4, 0.5) is 0 Å². The number of piperidine rings is 1. The second kappa shape index (κ2) is 7.93. The highest BCUT2D eigenvalue weighted by Gasteiger charge is 2.27. The van der Waals surface area contributed by atoms with Crippen LogP contribution in [-0.4, -0.2) is 44.2 Å². The van der Waals surface area contributed by atoms with Crippen molar-refractivity contribution in [1.82, 2.24) is 9.62 Å². The van der Waals surface area contributed by atoms with Crippen molar-refractivity contribution in [2.75, 3.05) is 25.4 Å². The molecule has 2 heterocycles. The number of nitrogens with one attached hydrogen (secondary N) is 1. The Morgan fingerprint density at radius 2 is 1.90 bits per heavy atom. The van der Waals surface area contributed by atoms with Crippen molar-refractivity contribution >= 4 is 10.0 Å². The molecule has 0 aromatic carbocycles. The van der Waals surface area contributed by atoms with Crippen molar-refractivity contribution in [2.45, 2.75) is 64.8 Å². The van der Waals surface area contributed by atoms with Gasteiger partial charge in [-0.25, -0.2) is 12.7 Å². The third kappa shape index (κ3) is 5.22. The Labute approximate surface area is 130 Å². The molecular weight excluding hydrogens is 284 g/mol. The summed E-state index contributed by atoms with van der Waals surface area (Å²) in [6.07, 6.45) is 7.58. The lowest BCUT2D eigenvalue weighted by atomic mass is 9.89. The number of sulfonamides is 1. The van der Waals surface area contributed by atoms with Crippen molar-refractivity contribution in [3.05, 3.63) is 0 Å². The van der Waals surface area contributed by atoms with Crippen LogP contribution in [0.1, 0.15) is 58.8 Å². The van der Waals surface area contributed by atoms with Crippen LogP contribution in [-0.2, 0) is 10.0 Å². The van der Waals surface area contributed by atoms with Crippen molar-refractivity contribution in [2.24, 2.45) is 11.8 Å². The van der Waals surface area contributed by atoms with Gasteiger partial charge in [0.25, 0.3) is 0 Å². The summed E-state index contributed by atoms with van der Waals surface area (Å²) in [6.45, 7) is 7.00. The Morgan fingerprint density at radius 1 is 1.10 bits per heavy atom. The van der Waals surface area contributed by atoms with Gasteiger partial charge in [0.2, 0.25) is 10.0 Å². The molecule has 2 aliphatic heterocycles. The monoisotopic (exact) mass is 316 g/mol. The Bertz CT molecular complexity index is 403. The molecule has 5 heteroatoms. The molecule has 0 bridgehead atoms. The molecule has 0 aromatic rings. The molecule has 0 saturated carbocycles. The van der Waals surface area contributed by atoms with E-state index in [9.17, 15) is 8.42 Å². The first-order valence-electron chi connectivity index (χ1n) is 8.70. The van der Waals surface area contributed by atoms with Crippen LogP contribution in [0, 0.1) is 11.8 Å². The average molecular weight is 317 g/mol. The molecule has 2 aliphatic rings. The summed E-state index contributed by atoms with van der Waals surface area (Å²) >= 11 is 0. The SMILES string of the molecule is CC(C)C1CCCN(S(=O)(=O)CCC2CCCCN2)CC1. The minimum atomic E-state index is -3.06. The summed E-state index contributed by atoms with van der Waals surface area (Å²) < 4.78 is 26.9. The Kier molecular flexibility index (Phi) is 6.51. The minimum absolute atomic E-state index is 0.316. The molecule has 2 unspecified atom stereocenters. The zero-order valence-corrected chi connectivity index (χ0v) is 14.5. The van der Waals surface area contributed by atoms with Gasteiger partial charge in [0, 0.05) is 19.1 Å². The zero-order chi connectivity index (χ0) is 15.3. The number of nitrogens with zero attached hydrogens (tertiary/aromatic N) is 1. The molecule has 0 amide bonds. The highest BCUT2D eigenvalue weighted by molar-refractivity contribution is 7.89. The zero-order valence-electron chi connectivity index (χ0n) is 13.7. The summed E-state index contributed by atoms with van der Waals surface area (Å²) in [5, 5.41) is 3.45. The summed E-state index contributed by atoms with van der Waals surface area (Å²) in [5.74, 6) is 1.67. The maximum atomic E-state index is 12.6. The highest BCUT2D eigenvalue weighted by atomic mass is 32.2. The van der Waals surface area contributed by atoms with E-state index in [1.54, 1.807) is 4.31 Å². The Hall–Kier alpha value is -0.130. The number of hydrogen-bond acceptors (Lipinski definition) is 3. The van der Waals surface area contributed by atoms with Gasteiger partial charge in [0.05, 0.1) is 5.75 Å². The van der Waals surface area contributed by atoms with Crippen molar-refractivity contribution in [3.63, 3.8) is 0 Å². The molecular formula is C16H32N2O2S. The van der Waals surface area contributed by atoms with E-state index in [0.717, 1.165) is 45.3 Å². The Balaban J connectivity index is 1.83. The van der Waals surface area contributed by atoms with Gasteiger partial charge in [0.1, 0.15) is 0 Å². The Morgan fingerprint density at radius 3 is 2.57 bits per heavy atom. The fourth-order valence-corrected chi connectivity index (χ4v) is 5.26.